The van der Waals surface area contributed by atoms with Crippen molar-refractivity contribution < 1.29 is 27.0 Å². The summed E-state index contributed by atoms with van der Waals surface area (Å²) >= 11 is 0. The van der Waals surface area contributed by atoms with Crippen molar-refractivity contribution >= 4 is 16.1 Å². The van der Waals surface area contributed by atoms with Crippen LogP contribution in [0.1, 0.15) is 19.8 Å². The van der Waals surface area contributed by atoms with Crippen molar-refractivity contribution in [2.45, 2.75) is 25.8 Å². The zero-order chi connectivity index (χ0) is 15.3. The highest BCUT2D eigenvalue weighted by atomic mass is 32.2. The summed E-state index contributed by atoms with van der Waals surface area (Å²) in [4.78, 5) is 11.2. The fourth-order valence-electron chi connectivity index (χ4n) is 1.54. The van der Waals surface area contributed by atoms with E-state index in [0.717, 1.165) is 0 Å². The van der Waals surface area contributed by atoms with Gasteiger partial charge in [-0.2, -0.15) is 8.42 Å². The molecule has 0 aromatic carbocycles. The predicted octanol–water partition coefficient (Wildman–Crippen LogP) is 1.01. The molecule has 1 atom stereocenters. The van der Waals surface area contributed by atoms with Crippen LogP contribution in [0.5, 0.6) is 0 Å². The highest BCUT2D eigenvalue weighted by molar-refractivity contribution is 7.85. The largest absolute Gasteiger partial charge is 0.462 e. The van der Waals surface area contributed by atoms with E-state index in [1.165, 1.54) is 0 Å². The van der Waals surface area contributed by atoms with Gasteiger partial charge in [-0.1, -0.05) is 6.58 Å². The zero-order valence-corrected chi connectivity index (χ0v) is 13.6. The van der Waals surface area contributed by atoms with Crippen LogP contribution in [-0.2, 0) is 19.6 Å². The molecule has 0 aliphatic rings. The van der Waals surface area contributed by atoms with Crippen molar-refractivity contribution in [3.63, 3.8) is 0 Å². The third kappa shape index (κ3) is 9.90. The molecule has 0 bridgehead atoms. The van der Waals surface area contributed by atoms with E-state index >= 15 is 0 Å². The maximum absolute atomic E-state index is 11.2. The standard InChI is InChI=1S/C12H23NO5S.H3N/c1-10(2)12(14)18-8-6-7-11(13(3,4)5)9-19(15,16)17;/h11H,1,6-9H2,2-5H3;1H3/p+1. The Hall–Kier alpha value is -0.960. The number of hydrogen-bond acceptors (Lipinski definition) is 5. The van der Waals surface area contributed by atoms with Gasteiger partial charge in [-0.15, -0.1) is 0 Å². The van der Waals surface area contributed by atoms with Crippen molar-refractivity contribution in [2.75, 3.05) is 33.5 Å². The molecule has 0 amide bonds. The molecule has 0 aliphatic carbocycles. The van der Waals surface area contributed by atoms with Gasteiger partial charge in [-0.05, 0) is 13.3 Å². The Morgan fingerprint density at radius 2 is 1.85 bits per heavy atom. The van der Waals surface area contributed by atoms with Gasteiger partial charge in [0.25, 0.3) is 10.1 Å². The third-order valence-electron chi connectivity index (χ3n) is 2.76. The molecule has 0 aromatic heterocycles. The van der Waals surface area contributed by atoms with E-state index in [2.05, 4.69) is 6.58 Å². The number of ether oxygens (including phenoxy) is 1. The summed E-state index contributed by atoms with van der Waals surface area (Å²) in [7, 11) is 1.56. The van der Waals surface area contributed by atoms with Crippen molar-refractivity contribution in [3.05, 3.63) is 12.2 Å². The lowest BCUT2D eigenvalue weighted by atomic mass is 10.1. The molecule has 0 rings (SSSR count). The SMILES string of the molecule is C=C(C)C(=O)OCCCC(CS(=O)(=O)O)[N+](C)(C)C.N. The molecule has 4 N–H and O–H groups in total. The minimum Gasteiger partial charge on any atom is -0.462 e. The summed E-state index contributed by atoms with van der Waals surface area (Å²) in [6.07, 6.45) is 1.07. The van der Waals surface area contributed by atoms with E-state index in [4.69, 9.17) is 9.29 Å². The Morgan fingerprint density at radius 1 is 1.35 bits per heavy atom. The summed E-state index contributed by atoms with van der Waals surface area (Å²) in [5.41, 5.74) is 0.334. The first-order valence-electron chi connectivity index (χ1n) is 6.02. The number of carbonyl (C=O) groups excluding carboxylic acids is 1. The molecule has 1 unspecified atom stereocenters. The zero-order valence-electron chi connectivity index (χ0n) is 12.8. The van der Waals surface area contributed by atoms with Crippen LogP contribution in [0, 0.1) is 0 Å². The van der Waals surface area contributed by atoms with Gasteiger partial charge in [0, 0.05) is 12.0 Å². The molecule has 0 spiro atoms. The van der Waals surface area contributed by atoms with Crippen LogP contribution in [0.3, 0.4) is 0 Å². The lowest BCUT2D eigenvalue weighted by Gasteiger charge is -2.33. The molecule has 0 fully saturated rings. The Labute approximate surface area is 121 Å². The highest BCUT2D eigenvalue weighted by Gasteiger charge is 2.28. The van der Waals surface area contributed by atoms with Crippen LogP contribution in [0.15, 0.2) is 12.2 Å². The Morgan fingerprint density at radius 3 is 2.20 bits per heavy atom. The lowest BCUT2D eigenvalue weighted by molar-refractivity contribution is -0.893. The average molecular weight is 311 g/mol. The van der Waals surface area contributed by atoms with E-state index in [9.17, 15) is 13.2 Å². The molecular formula is C12H27N2O5S+. The Kier molecular flexibility index (Phi) is 8.91. The van der Waals surface area contributed by atoms with Gasteiger partial charge in [0.2, 0.25) is 0 Å². The van der Waals surface area contributed by atoms with Crippen molar-refractivity contribution in [1.29, 1.82) is 0 Å². The van der Waals surface area contributed by atoms with E-state index in [-0.39, 0.29) is 24.6 Å². The normalized spacial score (nSPS) is 13.2. The molecule has 8 heteroatoms. The van der Waals surface area contributed by atoms with Gasteiger partial charge in [0.15, 0.2) is 0 Å². The average Bonchev–Trinajstić information content (AvgIpc) is 2.18. The van der Waals surface area contributed by atoms with E-state index in [1.54, 1.807) is 6.92 Å². The molecule has 7 nitrogen and oxygen atoms in total. The van der Waals surface area contributed by atoms with Gasteiger partial charge < -0.3 is 15.4 Å². The summed E-state index contributed by atoms with van der Waals surface area (Å²) < 4.78 is 36.2. The molecule has 0 radical (unpaired) electrons. The maximum Gasteiger partial charge on any atom is 0.333 e. The lowest BCUT2D eigenvalue weighted by Crippen LogP contribution is -2.48. The van der Waals surface area contributed by atoms with Crippen LogP contribution in [-0.4, -0.2) is 63.0 Å². The number of quaternary nitrogens is 1. The van der Waals surface area contributed by atoms with E-state index in [1.807, 2.05) is 21.1 Å². The molecule has 0 saturated carbocycles. The minimum absolute atomic E-state index is 0. The maximum atomic E-state index is 11.2. The molecule has 0 aliphatic heterocycles. The molecule has 20 heavy (non-hydrogen) atoms. The highest BCUT2D eigenvalue weighted by Crippen LogP contribution is 2.12. The van der Waals surface area contributed by atoms with Crippen molar-refractivity contribution in [2.24, 2.45) is 0 Å². The fourth-order valence-corrected chi connectivity index (χ4v) is 2.64. The summed E-state index contributed by atoms with van der Waals surface area (Å²) in [6.45, 7) is 5.25. The molecule has 0 saturated heterocycles. The Bertz CT molecular complexity index is 426. The number of nitrogens with zero attached hydrogens (tertiary/aromatic N) is 1. The topological polar surface area (TPSA) is 116 Å². The summed E-state index contributed by atoms with van der Waals surface area (Å²) in [5.74, 6) is -0.748. The quantitative estimate of drug-likeness (QED) is 0.227. The molecular weight excluding hydrogens is 284 g/mol. The van der Waals surface area contributed by atoms with E-state index < -0.39 is 16.1 Å². The van der Waals surface area contributed by atoms with Crippen molar-refractivity contribution in [1.82, 2.24) is 6.15 Å². The fraction of sp³-hybridized carbons (Fsp3) is 0.750. The van der Waals surface area contributed by atoms with Crippen molar-refractivity contribution in [3.8, 4) is 0 Å². The monoisotopic (exact) mass is 311 g/mol. The second-order valence-corrected chi connectivity index (χ2v) is 7.07. The van der Waals surface area contributed by atoms with Gasteiger partial charge in [0.05, 0.1) is 27.7 Å². The van der Waals surface area contributed by atoms with Crippen LogP contribution in [0.4, 0.5) is 0 Å². The first kappa shape index (κ1) is 21.3. The second kappa shape index (κ2) is 8.35. The van der Waals surface area contributed by atoms with Gasteiger partial charge in [-0.3, -0.25) is 4.55 Å². The number of carbonyl (C=O) groups is 1. The minimum atomic E-state index is -4.01. The number of esters is 1. The van der Waals surface area contributed by atoms with Gasteiger partial charge in [-0.25, -0.2) is 4.79 Å². The third-order valence-corrected chi connectivity index (χ3v) is 3.57. The summed E-state index contributed by atoms with van der Waals surface area (Å²) in [5, 5.41) is 0. The first-order valence-corrected chi connectivity index (χ1v) is 7.63. The van der Waals surface area contributed by atoms with Crippen LogP contribution in [0.2, 0.25) is 0 Å². The Balaban J connectivity index is 0. The van der Waals surface area contributed by atoms with Crippen LogP contribution in [0.25, 0.3) is 0 Å². The first-order chi connectivity index (χ1) is 8.43. The van der Waals surface area contributed by atoms with Gasteiger partial charge >= 0.3 is 5.97 Å². The van der Waals surface area contributed by atoms with Crippen LogP contribution >= 0.6 is 0 Å². The van der Waals surface area contributed by atoms with Crippen LogP contribution < -0.4 is 6.15 Å². The van der Waals surface area contributed by atoms with E-state index in [0.29, 0.717) is 22.9 Å². The molecule has 0 aromatic rings. The molecule has 0 heterocycles. The summed E-state index contributed by atoms with van der Waals surface area (Å²) in [6, 6.07) is -0.251. The second-order valence-electron chi connectivity index (χ2n) is 5.58. The number of rotatable bonds is 8. The smallest absolute Gasteiger partial charge is 0.333 e. The van der Waals surface area contributed by atoms with Gasteiger partial charge in [0.1, 0.15) is 11.8 Å². The predicted molar refractivity (Wildman–Crippen MR) is 78.3 cm³/mol. The molecule has 120 valence electrons. The number of hydrogen-bond donors (Lipinski definition) is 2.